The highest BCUT2D eigenvalue weighted by molar-refractivity contribution is 5.97. The van der Waals surface area contributed by atoms with Crippen LogP contribution in [0.5, 0.6) is 5.75 Å². The van der Waals surface area contributed by atoms with Crippen molar-refractivity contribution in [3.8, 4) is 5.75 Å². The van der Waals surface area contributed by atoms with E-state index in [1.165, 1.54) is 18.2 Å². The molecule has 0 aliphatic carbocycles. The van der Waals surface area contributed by atoms with Gasteiger partial charge in [-0.15, -0.1) is 9.55 Å². The van der Waals surface area contributed by atoms with Gasteiger partial charge in [0, 0.05) is 19.6 Å². The maximum absolute atomic E-state index is 12.5. The van der Waals surface area contributed by atoms with Crippen LogP contribution in [0, 0.1) is 0 Å². The fourth-order valence-electron chi connectivity index (χ4n) is 2.69. The fourth-order valence-corrected chi connectivity index (χ4v) is 2.69. The van der Waals surface area contributed by atoms with Gasteiger partial charge in [0.2, 0.25) is 6.29 Å². The zero-order valence-corrected chi connectivity index (χ0v) is 15.8. The van der Waals surface area contributed by atoms with E-state index >= 15 is 0 Å². The molecule has 3 N–H and O–H groups in total. The molecule has 0 bridgehead atoms. The number of aliphatic carboxylic acids is 1. The lowest BCUT2D eigenvalue weighted by molar-refractivity contribution is -0.195. The number of nitrogens with zero attached hydrogens (tertiary/aromatic N) is 1. The molecule has 1 aromatic rings. The quantitative estimate of drug-likeness (QED) is 0.214. The molecule has 3 unspecified atom stereocenters. The van der Waals surface area contributed by atoms with E-state index in [-0.39, 0.29) is 37.3 Å². The maximum Gasteiger partial charge on any atom is 0.495 e. The van der Waals surface area contributed by atoms with Crippen molar-refractivity contribution >= 4 is 24.8 Å². The Hall–Kier alpha value is -3.25. The fraction of sp³-hybridized carbons (Fsp3) is 0.444. The van der Waals surface area contributed by atoms with Crippen molar-refractivity contribution in [1.29, 1.82) is 0 Å². The third-order valence-corrected chi connectivity index (χ3v) is 4.01. The number of nitrogens with one attached hydrogen (secondary N) is 1. The number of aliphatic hydroxyl groups excluding tert-OH is 1. The summed E-state index contributed by atoms with van der Waals surface area (Å²) in [6, 6.07) is 4.10. The van der Waals surface area contributed by atoms with E-state index in [2.05, 4.69) is 26.8 Å². The molecule has 1 aliphatic rings. The third kappa shape index (κ3) is 6.97. The normalized spacial score (nSPS) is 20.7. The number of oxime groups is 1. The summed E-state index contributed by atoms with van der Waals surface area (Å²) < 4.78 is 27.5. The molecule has 0 radical (unpaired) electrons. The van der Waals surface area contributed by atoms with Gasteiger partial charge < -0.3 is 34.6 Å². The molecule has 30 heavy (non-hydrogen) atoms. The van der Waals surface area contributed by atoms with Crippen molar-refractivity contribution in [2.45, 2.75) is 37.9 Å². The van der Waals surface area contributed by atoms with Gasteiger partial charge in [-0.05, 0) is 17.7 Å². The molecule has 1 heterocycles. The molecule has 164 valence electrons. The van der Waals surface area contributed by atoms with Gasteiger partial charge in [0.25, 0.3) is 5.91 Å². The molecule has 1 fully saturated rings. The highest BCUT2D eigenvalue weighted by Crippen LogP contribution is 2.27. The first-order valence-corrected chi connectivity index (χ1v) is 8.84. The van der Waals surface area contributed by atoms with E-state index in [0.29, 0.717) is 5.56 Å². The van der Waals surface area contributed by atoms with Crippen LogP contribution in [0.3, 0.4) is 0 Å². The minimum absolute atomic E-state index is 0.00903. The molecular weight excluding hydrogens is 407 g/mol. The number of ether oxygens (including phenoxy) is 3. The first-order valence-electron chi connectivity index (χ1n) is 8.84. The smallest absolute Gasteiger partial charge is 0.479 e. The lowest BCUT2D eigenvalue weighted by Gasteiger charge is -2.31. The minimum atomic E-state index is -1.97. The van der Waals surface area contributed by atoms with E-state index in [1.54, 1.807) is 0 Å². The van der Waals surface area contributed by atoms with Crippen LogP contribution in [-0.4, -0.2) is 66.7 Å². The van der Waals surface area contributed by atoms with Crippen LogP contribution in [0.2, 0.25) is 0 Å². The Morgan fingerprint density at radius 1 is 1.33 bits per heavy atom. The van der Waals surface area contributed by atoms with Gasteiger partial charge in [-0.1, -0.05) is 6.07 Å². The summed E-state index contributed by atoms with van der Waals surface area (Å²) in [5, 5.41) is 24.7. The third-order valence-electron chi connectivity index (χ3n) is 4.01. The summed E-state index contributed by atoms with van der Waals surface area (Å²) in [6.07, 6.45) is -5.42. The number of aliphatic hydroxyl groups is 1. The van der Waals surface area contributed by atoms with Crippen LogP contribution in [0.4, 0.5) is 9.18 Å². The number of carboxylic acid groups (broad SMARTS) is 1. The molecule has 3 atom stereocenters. The first kappa shape index (κ1) is 23.0. The van der Waals surface area contributed by atoms with Crippen molar-refractivity contribution in [3.05, 3.63) is 29.3 Å². The number of carbonyl (C=O) groups excluding carboxylic acids is 2. The highest BCUT2D eigenvalue weighted by Gasteiger charge is 2.34. The predicted molar refractivity (Wildman–Crippen MR) is 97.7 cm³/mol. The van der Waals surface area contributed by atoms with Crippen LogP contribution in [-0.2, 0) is 25.7 Å². The lowest BCUT2D eigenvalue weighted by atomic mass is 10.0. The van der Waals surface area contributed by atoms with Crippen molar-refractivity contribution < 1.29 is 48.0 Å². The Morgan fingerprint density at radius 2 is 2.10 bits per heavy atom. The number of carbonyl (C=O) groups is 3. The van der Waals surface area contributed by atoms with Gasteiger partial charge in [-0.25, -0.2) is 9.59 Å². The highest BCUT2D eigenvalue weighted by atomic mass is 19.1. The molecular formula is C18H21FN2O9. The van der Waals surface area contributed by atoms with Crippen molar-refractivity contribution in [2.75, 3.05) is 13.2 Å². The molecule has 0 aromatic heterocycles. The van der Waals surface area contributed by atoms with E-state index in [0.717, 1.165) is 0 Å². The Bertz CT molecular complexity index is 789. The summed E-state index contributed by atoms with van der Waals surface area (Å²) >= 11 is 0. The topological polar surface area (TPSA) is 153 Å². The Morgan fingerprint density at radius 3 is 2.77 bits per heavy atom. The number of halogens is 1. The second-order valence-corrected chi connectivity index (χ2v) is 6.21. The molecule has 12 heteroatoms. The molecule has 1 amide bonds. The van der Waals surface area contributed by atoms with Crippen molar-refractivity contribution in [1.82, 2.24) is 5.32 Å². The Balaban J connectivity index is 2.18. The SMILES string of the molecule is C=NOCCNC(=O)c1cc(COC(=O)F)ccc1OC1CC(O)CC(C(=O)O)O1. The zero-order valence-electron chi connectivity index (χ0n) is 15.8. The Labute approximate surface area is 170 Å². The largest absolute Gasteiger partial charge is 0.495 e. The zero-order chi connectivity index (χ0) is 22.1. The molecule has 0 saturated carbocycles. The van der Waals surface area contributed by atoms with Gasteiger partial charge in [-0.2, -0.15) is 0 Å². The van der Waals surface area contributed by atoms with Gasteiger partial charge in [0.1, 0.15) is 19.0 Å². The second kappa shape index (κ2) is 11.1. The summed E-state index contributed by atoms with van der Waals surface area (Å²) in [5.41, 5.74) is 0.292. The minimum Gasteiger partial charge on any atom is -0.479 e. The molecule has 0 spiro atoms. The number of amides is 1. The number of benzene rings is 1. The molecule has 2 rings (SSSR count). The number of hydrogen-bond donors (Lipinski definition) is 3. The predicted octanol–water partition coefficient (Wildman–Crippen LogP) is 0.984. The number of carboxylic acids is 1. The summed E-state index contributed by atoms with van der Waals surface area (Å²) in [6.45, 7) is 2.86. The number of hydrogen-bond acceptors (Lipinski definition) is 9. The van der Waals surface area contributed by atoms with E-state index < -0.39 is 43.2 Å². The summed E-state index contributed by atoms with van der Waals surface area (Å²) in [4.78, 5) is 38.8. The van der Waals surface area contributed by atoms with Gasteiger partial charge in [0.05, 0.1) is 18.2 Å². The average Bonchev–Trinajstić information content (AvgIpc) is 2.69. The van der Waals surface area contributed by atoms with Crippen LogP contribution in [0.1, 0.15) is 28.8 Å². The second-order valence-electron chi connectivity index (χ2n) is 6.21. The van der Waals surface area contributed by atoms with Gasteiger partial charge in [0.15, 0.2) is 6.10 Å². The van der Waals surface area contributed by atoms with Gasteiger partial charge >= 0.3 is 12.2 Å². The van der Waals surface area contributed by atoms with E-state index in [1.807, 2.05) is 0 Å². The standard InChI is InChI=1S/C18H21FN2O9/c1-20-28-5-4-21-16(23)12-6-10(9-27-18(19)26)2-3-13(12)29-15-8-11(22)7-14(30-15)17(24)25/h2-3,6,11,14-15,22H,1,4-5,7-9H2,(H,21,23)(H,24,25). The number of rotatable bonds is 10. The first-order chi connectivity index (χ1) is 14.3. The van der Waals surface area contributed by atoms with E-state index in [4.69, 9.17) is 14.6 Å². The summed E-state index contributed by atoms with van der Waals surface area (Å²) in [7, 11) is 0. The maximum atomic E-state index is 12.5. The van der Waals surface area contributed by atoms with Crippen LogP contribution < -0.4 is 10.1 Å². The van der Waals surface area contributed by atoms with E-state index in [9.17, 15) is 23.9 Å². The van der Waals surface area contributed by atoms with Gasteiger partial charge in [-0.3, -0.25) is 4.79 Å². The van der Waals surface area contributed by atoms with Crippen LogP contribution in [0.25, 0.3) is 0 Å². The summed E-state index contributed by atoms with van der Waals surface area (Å²) in [5.74, 6) is -1.83. The van der Waals surface area contributed by atoms with Crippen LogP contribution >= 0.6 is 0 Å². The van der Waals surface area contributed by atoms with Crippen LogP contribution in [0.15, 0.2) is 23.4 Å². The average molecular weight is 428 g/mol. The van der Waals surface area contributed by atoms with Crippen molar-refractivity contribution in [3.63, 3.8) is 0 Å². The molecule has 1 aliphatic heterocycles. The van der Waals surface area contributed by atoms with Crippen molar-refractivity contribution in [2.24, 2.45) is 5.16 Å². The monoisotopic (exact) mass is 428 g/mol. The molecule has 1 saturated heterocycles. The lowest BCUT2D eigenvalue weighted by Crippen LogP contribution is -2.42. The Kier molecular flexibility index (Phi) is 8.50. The molecule has 11 nitrogen and oxygen atoms in total. The molecule has 1 aromatic carbocycles.